The Morgan fingerprint density at radius 2 is 1.96 bits per heavy atom. The van der Waals surface area contributed by atoms with Gasteiger partial charge in [-0.1, -0.05) is 0 Å². The number of morpholine rings is 2. The zero-order valence-electron chi connectivity index (χ0n) is 16.5. The predicted octanol–water partition coefficient (Wildman–Crippen LogP) is 1.30. The van der Waals surface area contributed by atoms with Crippen molar-refractivity contribution < 1.29 is 17.9 Å². The molecule has 8 nitrogen and oxygen atoms in total. The van der Waals surface area contributed by atoms with Crippen LogP contribution in [0.1, 0.15) is 19.7 Å². The Morgan fingerprint density at radius 1 is 1.18 bits per heavy atom. The minimum Gasteiger partial charge on any atom is -0.379 e. The van der Waals surface area contributed by atoms with Crippen LogP contribution < -0.4 is 0 Å². The molecule has 1 aromatic carbocycles. The van der Waals surface area contributed by atoms with E-state index in [1.807, 2.05) is 6.07 Å². The third-order valence-electron chi connectivity index (χ3n) is 5.41. The summed E-state index contributed by atoms with van der Waals surface area (Å²) in [6, 6.07) is 5.28. The Hall–Kier alpha value is -1.52. The van der Waals surface area contributed by atoms with Gasteiger partial charge in [0.05, 0.1) is 48.4 Å². The van der Waals surface area contributed by atoms with E-state index in [1.165, 1.54) is 4.31 Å². The van der Waals surface area contributed by atoms with Gasteiger partial charge in [0.1, 0.15) is 5.82 Å². The highest BCUT2D eigenvalue weighted by molar-refractivity contribution is 7.89. The van der Waals surface area contributed by atoms with Crippen molar-refractivity contribution in [3.63, 3.8) is 0 Å². The normalized spacial score (nSPS) is 22.7. The maximum Gasteiger partial charge on any atom is 0.243 e. The summed E-state index contributed by atoms with van der Waals surface area (Å²) in [7, 11) is -3.52. The zero-order chi connectivity index (χ0) is 19.7. The second kappa shape index (κ2) is 8.08. The maximum atomic E-state index is 13.0. The van der Waals surface area contributed by atoms with Crippen molar-refractivity contribution in [2.75, 3.05) is 46.0 Å². The van der Waals surface area contributed by atoms with Gasteiger partial charge in [0, 0.05) is 32.7 Å². The molecule has 3 heterocycles. The molecule has 2 aliphatic heterocycles. The average molecular weight is 409 g/mol. The first kappa shape index (κ1) is 19.8. The van der Waals surface area contributed by atoms with Crippen molar-refractivity contribution in [3.05, 3.63) is 24.0 Å². The third-order valence-corrected chi connectivity index (χ3v) is 7.31. The Labute approximate surface area is 166 Å². The highest BCUT2D eigenvalue weighted by Crippen LogP contribution is 2.24. The summed E-state index contributed by atoms with van der Waals surface area (Å²) in [6.45, 7) is 9.86. The SMILES string of the molecule is CCn1c(CN2CCOC(C)C2)nc2cc(S(=O)(=O)N3CCOCC3)ccc21. The molecule has 0 N–H and O–H groups in total. The van der Waals surface area contributed by atoms with Gasteiger partial charge < -0.3 is 14.0 Å². The van der Waals surface area contributed by atoms with Gasteiger partial charge in [0.25, 0.3) is 0 Å². The van der Waals surface area contributed by atoms with E-state index in [0.717, 1.165) is 49.6 Å². The highest BCUT2D eigenvalue weighted by atomic mass is 32.2. The molecular formula is C19H28N4O4S. The summed E-state index contributed by atoms with van der Waals surface area (Å²) in [5.74, 6) is 0.965. The first-order chi connectivity index (χ1) is 13.5. The minimum atomic E-state index is -3.52. The molecule has 0 radical (unpaired) electrons. The fourth-order valence-corrected chi connectivity index (χ4v) is 5.39. The summed E-state index contributed by atoms with van der Waals surface area (Å²) < 4.78 is 40.5. The molecule has 2 fully saturated rings. The minimum absolute atomic E-state index is 0.221. The van der Waals surface area contributed by atoms with E-state index in [2.05, 4.69) is 23.3 Å². The lowest BCUT2D eigenvalue weighted by Gasteiger charge is -2.30. The zero-order valence-corrected chi connectivity index (χ0v) is 17.3. The lowest BCUT2D eigenvalue weighted by molar-refractivity contribution is -0.0222. The van der Waals surface area contributed by atoms with E-state index in [4.69, 9.17) is 14.5 Å². The second-order valence-electron chi connectivity index (χ2n) is 7.36. The topological polar surface area (TPSA) is 76.9 Å². The molecule has 0 saturated carbocycles. The molecule has 0 spiro atoms. The molecule has 1 unspecified atom stereocenters. The first-order valence-corrected chi connectivity index (χ1v) is 11.3. The number of rotatable bonds is 5. The molecule has 28 heavy (non-hydrogen) atoms. The first-order valence-electron chi connectivity index (χ1n) is 9.90. The number of nitrogens with zero attached hydrogens (tertiary/aromatic N) is 4. The number of sulfonamides is 1. The van der Waals surface area contributed by atoms with Gasteiger partial charge in [-0.25, -0.2) is 13.4 Å². The molecule has 4 rings (SSSR count). The van der Waals surface area contributed by atoms with E-state index in [0.29, 0.717) is 31.2 Å². The molecule has 2 saturated heterocycles. The summed E-state index contributed by atoms with van der Waals surface area (Å²) in [5.41, 5.74) is 1.70. The second-order valence-corrected chi connectivity index (χ2v) is 9.29. The van der Waals surface area contributed by atoms with E-state index in [-0.39, 0.29) is 6.10 Å². The van der Waals surface area contributed by atoms with Gasteiger partial charge in [0.15, 0.2) is 0 Å². The fraction of sp³-hybridized carbons (Fsp3) is 0.632. The summed E-state index contributed by atoms with van der Waals surface area (Å²) in [5, 5.41) is 0. The fourth-order valence-electron chi connectivity index (χ4n) is 3.96. The lowest BCUT2D eigenvalue weighted by atomic mass is 10.3. The van der Waals surface area contributed by atoms with Crippen LogP contribution in [0, 0.1) is 0 Å². The van der Waals surface area contributed by atoms with Crippen LogP contribution in [0.2, 0.25) is 0 Å². The molecule has 0 aliphatic carbocycles. The quantitative estimate of drug-likeness (QED) is 0.742. The third kappa shape index (κ3) is 3.81. The lowest BCUT2D eigenvalue weighted by Crippen LogP contribution is -2.41. The van der Waals surface area contributed by atoms with Crippen LogP contribution in [0.4, 0.5) is 0 Å². The molecule has 1 atom stereocenters. The summed E-state index contributed by atoms with van der Waals surface area (Å²) in [6.07, 6.45) is 0.221. The van der Waals surface area contributed by atoms with Crippen LogP contribution in [0.3, 0.4) is 0 Å². The number of aromatic nitrogens is 2. The highest BCUT2D eigenvalue weighted by Gasteiger charge is 2.27. The van der Waals surface area contributed by atoms with E-state index < -0.39 is 10.0 Å². The molecule has 154 valence electrons. The van der Waals surface area contributed by atoms with Crippen molar-refractivity contribution in [2.45, 2.75) is 37.9 Å². The van der Waals surface area contributed by atoms with E-state index in [9.17, 15) is 8.42 Å². The molecule has 0 amide bonds. The van der Waals surface area contributed by atoms with Crippen LogP contribution in [-0.4, -0.2) is 79.3 Å². The Kier molecular flexibility index (Phi) is 5.71. The number of hydrogen-bond donors (Lipinski definition) is 0. The van der Waals surface area contributed by atoms with E-state index >= 15 is 0 Å². The van der Waals surface area contributed by atoms with E-state index in [1.54, 1.807) is 12.1 Å². The van der Waals surface area contributed by atoms with Crippen molar-refractivity contribution >= 4 is 21.1 Å². The monoisotopic (exact) mass is 408 g/mol. The molecule has 1 aromatic heterocycles. The molecular weight excluding hydrogens is 380 g/mol. The van der Waals surface area contributed by atoms with Gasteiger partial charge in [-0.05, 0) is 32.0 Å². The number of imidazole rings is 1. The van der Waals surface area contributed by atoms with Crippen LogP contribution in [-0.2, 0) is 32.6 Å². The molecule has 9 heteroatoms. The Morgan fingerprint density at radius 3 is 2.68 bits per heavy atom. The summed E-state index contributed by atoms with van der Waals surface area (Å²) in [4.78, 5) is 7.44. The molecule has 0 bridgehead atoms. The van der Waals surface area contributed by atoms with Crippen molar-refractivity contribution in [3.8, 4) is 0 Å². The number of hydrogen-bond acceptors (Lipinski definition) is 6. The van der Waals surface area contributed by atoms with Crippen molar-refractivity contribution in [1.82, 2.24) is 18.8 Å². The van der Waals surface area contributed by atoms with Gasteiger partial charge >= 0.3 is 0 Å². The number of aryl methyl sites for hydroxylation is 1. The number of benzene rings is 1. The van der Waals surface area contributed by atoms with Crippen molar-refractivity contribution in [1.29, 1.82) is 0 Å². The van der Waals surface area contributed by atoms with Crippen LogP contribution in [0.5, 0.6) is 0 Å². The van der Waals surface area contributed by atoms with Crippen molar-refractivity contribution in [2.24, 2.45) is 0 Å². The van der Waals surface area contributed by atoms with Gasteiger partial charge in [0.2, 0.25) is 10.0 Å². The Bertz CT molecular complexity index is 937. The van der Waals surface area contributed by atoms with Gasteiger partial charge in [-0.2, -0.15) is 4.31 Å². The van der Waals surface area contributed by atoms with Crippen LogP contribution in [0.25, 0.3) is 11.0 Å². The Balaban J connectivity index is 1.64. The van der Waals surface area contributed by atoms with Gasteiger partial charge in [-0.3, -0.25) is 4.90 Å². The predicted molar refractivity (Wildman–Crippen MR) is 106 cm³/mol. The smallest absolute Gasteiger partial charge is 0.243 e. The standard InChI is InChI=1S/C19H28N4O4S/c1-3-23-18-5-4-16(28(24,25)22-7-9-26-10-8-22)12-17(18)20-19(23)14-21-6-11-27-15(2)13-21/h4-5,12,15H,3,6-11,13-14H2,1-2H3. The number of ether oxygens (including phenoxy) is 2. The molecule has 2 aliphatic rings. The molecule has 2 aromatic rings. The van der Waals surface area contributed by atoms with Gasteiger partial charge in [-0.15, -0.1) is 0 Å². The average Bonchev–Trinajstić information content (AvgIpc) is 3.04. The largest absolute Gasteiger partial charge is 0.379 e. The van der Waals surface area contributed by atoms with Crippen LogP contribution in [0.15, 0.2) is 23.1 Å². The number of fused-ring (bicyclic) bond motifs is 1. The summed E-state index contributed by atoms with van der Waals surface area (Å²) >= 11 is 0. The maximum absolute atomic E-state index is 13.0. The van der Waals surface area contributed by atoms with Crippen LogP contribution >= 0.6 is 0 Å².